The third kappa shape index (κ3) is 4.41. The molecule has 1 aromatic carbocycles. The Balaban J connectivity index is 1.68. The molecule has 130 valence electrons. The van der Waals surface area contributed by atoms with E-state index in [1.165, 1.54) is 6.20 Å². The van der Waals surface area contributed by atoms with Gasteiger partial charge < -0.3 is 14.9 Å². The van der Waals surface area contributed by atoms with Crippen molar-refractivity contribution in [1.82, 2.24) is 10.5 Å². The highest BCUT2D eigenvalue weighted by Gasteiger charge is 2.34. The summed E-state index contributed by atoms with van der Waals surface area (Å²) >= 11 is 5.95. The van der Waals surface area contributed by atoms with Crippen molar-refractivity contribution in [2.24, 2.45) is 0 Å². The number of hydrogen-bond acceptors (Lipinski definition) is 4. The number of halogens is 1. The number of hydrogen-bond donors (Lipinski definition) is 2. The van der Waals surface area contributed by atoms with Crippen LogP contribution in [-0.4, -0.2) is 27.8 Å². The number of rotatable bonds is 2. The predicted octanol–water partition coefficient (Wildman–Crippen LogP) is 3.09. The second-order valence-corrected chi connectivity index (χ2v) is 6.79. The van der Waals surface area contributed by atoms with Gasteiger partial charge in [-0.15, -0.1) is 0 Å². The maximum atomic E-state index is 12.3. The summed E-state index contributed by atoms with van der Waals surface area (Å²) in [5.74, 6) is 6.18. The van der Waals surface area contributed by atoms with E-state index < -0.39 is 5.60 Å². The Morgan fingerprint density at radius 2 is 2.36 bits per heavy atom. The fourth-order valence-corrected chi connectivity index (χ4v) is 3.21. The van der Waals surface area contributed by atoms with Crippen LogP contribution < -0.4 is 5.32 Å². The van der Waals surface area contributed by atoms with Crippen LogP contribution in [0.1, 0.15) is 47.4 Å². The summed E-state index contributed by atoms with van der Waals surface area (Å²) in [6.45, 7) is 1.69. The Kier molecular flexibility index (Phi) is 5.12. The van der Waals surface area contributed by atoms with Crippen molar-refractivity contribution in [3.05, 3.63) is 52.4 Å². The van der Waals surface area contributed by atoms with Crippen molar-refractivity contribution < 1.29 is 14.4 Å². The summed E-state index contributed by atoms with van der Waals surface area (Å²) in [4.78, 5) is 12.3. The van der Waals surface area contributed by atoms with Gasteiger partial charge >= 0.3 is 0 Å². The summed E-state index contributed by atoms with van der Waals surface area (Å²) in [5.41, 5.74) is 0.0497. The molecule has 3 rings (SSSR count). The zero-order chi connectivity index (χ0) is 17.9. The molecule has 5 nitrogen and oxygen atoms in total. The average molecular weight is 359 g/mol. The Morgan fingerprint density at radius 1 is 1.52 bits per heavy atom. The second-order valence-electron chi connectivity index (χ2n) is 6.35. The lowest BCUT2D eigenvalue weighted by Gasteiger charge is -2.33. The topological polar surface area (TPSA) is 75.4 Å². The largest absolute Gasteiger partial charge is 0.378 e. The number of carbonyl (C=O) groups is 1. The first kappa shape index (κ1) is 17.5. The number of nitrogens with zero attached hydrogens (tertiary/aromatic N) is 1. The van der Waals surface area contributed by atoms with Crippen LogP contribution >= 0.6 is 11.6 Å². The first-order valence-electron chi connectivity index (χ1n) is 8.18. The molecule has 0 aliphatic heterocycles. The van der Waals surface area contributed by atoms with Crippen LogP contribution in [0.3, 0.4) is 0 Å². The molecule has 0 radical (unpaired) electrons. The standard InChI is InChI=1S/C19H19ClN2O3/c1-13-17(12-21-25-13)18(23)22-16-6-3-8-19(24,11-16)9-7-14-4-2-5-15(20)10-14/h2,4-5,10,12,16,24H,3,6,8,11H2,1H3,(H,22,23)/t16-,19+/m0/s1. The molecule has 0 spiro atoms. The molecular formula is C19H19ClN2O3. The van der Waals surface area contributed by atoms with E-state index in [1.54, 1.807) is 19.1 Å². The van der Waals surface area contributed by atoms with Crippen molar-refractivity contribution in [3.63, 3.8) is 0 Å². The van der Waals surface area contributed by atoms with Gasteiger partial charge in [0, 0.05) is 23.0 Å². The molecule has 1 aliphatic rings. The lowest BCUT2D eigenvalue weighted by molar-refractivity contribution is 0.0452. The highest BCUT2D eigenvalue weighted by atomic mass is 35.5. The third-order valence-electron chi connectivity index (χ3n) is 4.32. The molecule has 2 atom stereocenters. The van der Waals surface area contributed by atoms with E-state index >= 15 is 0 Å². The van der Waals surface area contributed by atoms with Gasteiger partial charge in [-0.2, -0.15) is 0 Å². The lowest BCUT2D eigenvalue weighted by Crippen LogP contribution is -2.45. The van der Waals surface area contributed by atoms with Crippen LogP contribution in [0.4, 0.5) is 0 Å². The van der Waals surface area contributed by atoms with Crippen LogP contribution in [0.25, 0.3) is 0 Å². The molecule has 0 saturated heterocycles. The third-order valence-corrected chi connectivity index (χ3v) is 4.56. The average Bonchev–Trinajstić information content (AvgIpc) is 2.99. The van der Waals surface area contributed by atoms with E-state index in [0.717, 1.165) is 18.4 Å². The Bertz CT molecular complexity index is 836. The van der Waals surface area contributed by atoms with Crippen molar-refractivity contribution in [3.8, 4) is 11.8 Å². The quantitative estimate of drug-likeness (QED) is 0.809. The second kappa shape index (κ2) is 7.30. The number of benzene rings is 1. The molecule has 1 aliphatic carbocycles. The van der Waals surface area contributed by atoms with E-state index in [1.807, 2.05) is 12.1 Å². The Morgan fingerprint density at radius 3 is 3.08 bits per heavy atom. The number of nitrogens with one attached hydrogen (secondary N) is 1. The van der Waals surface area contributed by atoms with Gasteiger partial charge in [0.1, 0.15) is 16.9 Å². The van der Waals surface area contributed by atoms with Gasteiger partial charge in [0.05, 0.1) is 6.20 Å². The summed E-state index contributed by atoms with van der Waals surface area (Å²) < 4.78 is 4.92. The number of amides is 1. The zero-order valence-corrected chi connectivity index (χ0v) is 14.6. The van der Waals surface area contributed by atoms with Crippen LogP contribution in [0.5, 0.6) is 0 Å². The maximum absolute atomic E-state index is 12.3. The van der Waals surface area contributed by atoms with Crippen molar-refractivity contribution >= 4 is 17.5 Å². The normalized spacial score (nSPS) is 22.8. The molecule has 0 unspecified atom stereocenters. The molecule has 2 aromatic rings. The summed E-state index contributed by atoms with van der Waals surface area (Å²) in [5, 5.41) is 17.9. The molecule has 1 amide bonds. The Labute approximate surface area is 151 Å². The number of aliphatic hydroxyl groups is 1. The van der Waals surface area contributed by atoms with Gasteiger partial charge in [0.2, 0.25) is 0 Å². The number of carbonyl (C=O) groups excluding carboxylic acids is 1. The summed E-state index contributed by atoms with van der Waals surface area (Å²) in [6, 6.07) is 7.06. The van der Waals surface area contributed by atoms with Gasteiger partial charge in [-0.3, -0.25) is 4.79 Å². The number of aryl methyl sites for hydroxylation is 1. The first-order chi connectivity index (χ1) is 12.0. The van der Waals surface area contributed by atoms with Crippen molar-refractivity contribution in [2.45, 2.75) is 44.2 Å². The monoisotopic (exact) mass is 358 g/mol. The summed E-state index contributed by atoms with van der Waals surface area (Å²) in [7, 11) is 0. The van der Waals surface area contributed by atoms with Crippen LogP contribution in [0.15, 0.2) is 35.0 Å². The summed E-state index contributed by atoms with van der Waals surface area (Å²) in [6.07, 6.45) is 3.96. The molecule has 0 bridgehead atoms. The van der Waals surface area contributed by atoms with Gasteiger partial charge in [-0.1, -0.05) is 34.7 Å². The molecule has 1 saturated carbocycles. The minimum absolute atomic E-state index is 0.144. The fraction of sp³-hybridized carbons (Fsp3) is 0.368. The number of aromatic nitrogens is 1. The van der Waals surface area contributed by atoms with E-state index in [4.69, 9.17) is 16.1 Å². The molecule has 1 aromatic heterocycles. The SMILES string of the molecule is Cc1oncc1C(=O)N[C@H]1CCC[C@@](O)(C#Cc2cccc(Cl)c2)C1. The lowest BCUT2D eigenvalue weighted by atomic mass is 9.82. The Hall–Kier alpha value is -2.29. The smallest absolute Gasteiger partial charge is 0.256 e. The molecule has 25 heavy (non-hydrogen) atoms. The minimum Gasteiger partial charge on any atom is -0.378 e. The van der Waals surface area contributed by atoms with Crippen LogP contribution in [-0.2, 0) is 0 Å². The van der Waals surface area contributed by atoms with E-state index in [0.29, 0.717) is 29.2 Å². The highest BCUT2D eigenvalue weighted by molar-refractivity contribution is 6.30. The fourth-order valence-electron chi connectivity index (χ4n) is 3.02. The molecule has 1 heterocycles. The maximum Gasteiger partial charge on any atom is 0.256 e. The van der Waals surface area contributed by atoms with Gasteiger partial charge in [0.25, 0.3) is 5.91 Å². The zero-order valence-electron chi connectivity index (χ0n) is 13.9. The van der Waals surface area contributed by atoms with E-state index in [2.05, 4.69) is 22.3 Å². The van der Waals surface area contributed by atoms with Crippen molar-refractivity contribution in [1.29, 1.82) is 0 Å². The van der Waals surface area contributed by atoms with Crippen LogP contribution in [0, 0.1) is 18.8 Å². The first-order valence-corrected chi connectivity index (χ1v) is 8.56. The van der Waals surface area contributed by atoms with Gasteiger partial charge in [-0.05, 0) is 44.4 Å². The predicted molar refractivity (Wildman–Crippen MR) is 94.2 cm³/mol. The molecule has 2 N–H and O–H groups in total. The van der Waals surface area contributed by atoms with Crippen LogP contribution in [0.2, 0.25) is 5.02 Å². The molecule has 1 fully saturated rings. The van der Waals surface area contributed by atoms with Gasteiger partial charge in [-0.25, -0.2) is 0 Å². The minimum atomic E-state index is -1.12. The van der Waals surface area contributed by atoms with Gasteiger partial charge in [0.15, 0.2) is 0 Å². The van der Waals surface area contributed by atoms with E-state index in [-0.39, 0.29) is 11.9 Å². The van der Waals surface area contributed by atoms with E-state index in [9.17, 15) is 9.90 Å². The molecular weight excluding hydrogens is 340 g/mol. The highest BCUT2D eigenvalue weighted by Crippen LogP contribution is 2.28. The van der Waals surface area contributed by atoms with Crippen molar-refractivity contribution in [2.75, 3.05) is 0 Å². The molecule has 6 heteroatoms.